The second-order valence-electron chi connectivity index (χ2n) is 7.94. The van der Waals surface area contributed by atoms with Gasteiger partial charge in [-0.05, 0) is 25.3 Å². The molecule has 4 heterocycles. The van der Waals surface area contributed by atoms with Gasteiger partial charge in [-0.3, -0.25) is 0 Å². The molecule has 11 nitrogen and oxygen atoms in total. The zero-order valence-electron chi connectivity index (χ0n) is 18.5. The summed E-state index contributed by atoms with van der Waals surface area (Å²) in [5.41, 5.74) is 15.2. The van der Waals surface area contributed by atoms with E-state index in [0.717, 1.165) is 30.5 Å². The predicted molar refractivity (Wildman–Crippen MR) is 127 cm³/mol. The van der Waals surface area contributed by atoms with E-state index in [-0.39, 0.29) is 11.9 Å². The molecule has 0 bridgehead atoms. The number of fused-ring (bicyclic) bond motifs is 1. The Labute approximate surface area is 191 Å². The Morgan fingerprint density at radius 1 is 1.36 bits per heavy atom. The summed E-state index contributed by atoms with van der Waals surface area (Å²) in [6.07, 6.45) is 7.72. The maximum Gasteiger partial charge on any atom is 0.167 e. The molecule has 4 rings (SSSR count). The molecule has 0 atom stereocenters. The molecule has 7 N–H and O–H groups in total. The number of pyridine rings is 2. The molecule has 0 spiro atoms. The van der Waals surface area contributed by atoms with E-state index in [2.05, 4.69) is 20.4 Å². The number of nitrogens with two attached hydrogens (primary N) is 3. The van der Waals surface area contributed by atoms with Crippen molar-refractivity contribution in [2.45, 2.75) is 32.2 Å². The van der Waals surface area contributed by atoms with Crippen LogP contribution >= 0.6 is 0 Å². The van der Waals surface area contributed by atoms with Gasteiger partial charge in [0.1, 0.15) is 11.9 Å². The highest BCUT2D eigenvalue weighted by Gasteiger charge is 2.18. The molecular formula is C22H28N10O. The molecule has 0 radical (unpaired) electrons. The van der Waals surface area contributed by atoms with Crippen LogP contribution in [-0.4, -0.2) is 50.6 Å². The van der Waals surface area contributed by atoms with Gasteiger partial charge in [0, 0.05) is 60.9 Å². The number of ether oxygens (including phenoxy) is 1. The fourth-order valence-corrected chi connectivity index (χ4v) is 3.77. The number of nitrogens with one attached hydrogen (secondary N) is 1. The highest BCUT2D eigenvalue weighted by molar-refractivity contribution is 5.81. The molecule has 1 aliphatic heterocycles. The summed E-state index contributed by atoms with van der Waals surface area (Å²) in [6.45, 7) is 4.15. The lowest BCUT2D eigenvalue weighted by Crippen LogP contribution is -2.29. The quantitative estimate of drug-likeness (QED) is 0.308. The van der Waals surface area contributed by atoms with E-state index in [1.165, 1.54) is 0 Å². The van der Waals surface area contributed by atoms with Gasteiger partial charge in [0.15, 0.2) is 11.5 Å². The first kappa shape index (κ1) is 22.3. The Hall–Kier alpha value is -3.88. The third-order valence-electron chi connectivity index (χ3n) is 5.48. The van der Waals surface area contributed by atoms with Gasteiger partial charge in [-0.25, -0.2) is 15.8 Å². The van der Waals surface area contributed by atoms with Crippen molar-refractivity contribution in [2.75, 3.05) is 30.8 Å². The Bertz CT molecular complexity index is 1210. The van der Waals surface area contributed by atoms with Crippen LogP contribution in [0.4, 0.5) is 11.5 Å². The number of anilines is 2. The molecule has 172 valence electrons. The summed E-state index contributed by atoms with van der Waals surface area (Å²) in [5.74, 6) is 6.72. The van der Waals surface area contributed by atoms with E-state index in [0.29, 0.717) is 47.9 Å². The van der Waals surface area contributed by atoms with Crippen LogP contribution < -0.4 is 22.6 Å². The maximum atomic E-state index is 9.22. The molecule has 0 unspecified atom stereocenters. The smallest absolute Gasteiger partial charge is 0.167 e. The van der Waals surface area contributed by atoms with Crippen molar-refractivity contribution in [3.63, 3.8) is 0 Å². The van der Waals surface area contributed by atoms with Crippen molar-refractivity contribution in [2.24, 2.45) is 11.6 Å². The van der Waals surface area contributed by atoms with Crippen molar-refractivity contribution in [3.8, 4) is 11.9 Å². The molecule has 11 heteroatoms. The largest absolute Gasteiger partial charge is 0.397 e. The first-order chi connectivity index (χ1) is 16.0. The number of hydrogen-bond acceptors (Lipinski definition) is 10. The van der Waals surface area contributed by atoms with Crippen LogP contribution in [0.1, 0.15) is 37.3 Å². The molecule has 1 saturated heterocycles. The highest BCUT2D eigenvalue weighted by atomic mass is 16.5. The van der Waals surface area contributed by atoms with E-state index >= 15 is 0 Å². The van der Waals surface area contributed by atoms with E-state index in [1.54, 1.807) is 34.4 Å². The summed E-state index contributed by atoms with van der Waals surface area (Å²) in [7, 11) is 0. The van der Waals surface area contributed by atoms with Gasteiger partial charge in [-0.2, -0.15) is 15.0 Å². The van der Waals surface area contributed by atoms with Crippen LogP contribution in [0, 0.1) is 11.3 Å². The molecule has 0 aliphatic carbocycles. The number of nitrogen functional groups attached to an aromatic ring is 1. The van der Waals surface area contributed by atoms with E-state index in [4.69, 9.17) is 22.0 Å². The number of rotatable bonds is 7. The lowest BCUT2D eigenvalue weighted by atomic mass is 10.1. The predicted octanol–water partition coefficient (Wildman–Crippen LogP) is 1.70. The molecule has 1 aliphatic rings. The Morgan fingerprint density at radius 2 is 2.15 bits per heavy atom. The van der Waals surface area contributed by atoms with Crippen molar-refractivity contribution in [3.05, 3.63) is 41.9 Å². The zero-order valence-corrected chi connectivity index (χ0v) is 18.5. The van der Waals surface area contributed by atoms with Gasteiger partial charge < -0.3 is 26.5 Å². The second-order valence-corrected chi connectivity index (χ2v) is 7.94. The SMILES string of the molecule is CCCN(N)/C=C(\N)c1cnc(-n2ncc3cc(C#N)c(N)nc32)cc1NC1CCOCC1. The minimum absolute atomic E-state index is 0.148. The molecule has 0 aromatic carbocycles. The summed E-state index contributed by atoms with van der Waals surface area (Å²) in [5, 5.41) is 19.5. The van der Waals surface area contributed by atoms with Gasteiger partial charge in [-0.15, -0.1) is 0 Å². The summed E-state index contributed by atoms with van der Waals surface area (Å²) >= 11 is 0. The van der Waals surface area contributed by atoms with Crippen molar-refractivity contribution < 1.29 is 4.74 Å². The van der Waals surface area contributed by atoms with Crippen LogP contribution in [0.2, 0.25) is 0 Å². The third-order valence-corrected chi connectivity index (χ3v) is 5.48. The summed E-state index contributed by atoms with van der Waals surface area (Å²) in [4.78, 5) is 8.95. The molecule has 0 saturated carbocycles. The van der Waals surface area contributed by atoms with Crippen LogP contribution in [-0.2, 0) is 4.74 Å². The topological polar surface area (TPSA) is 170 Å². The highest BCUT2D eigenvalue weighted by Crippen LogP contribution is 2.27. The van der Waals surface area contributed by atoms with Crippen LogP contribution in [0.15, 0.2) is 30.7 Å². The Morgan fingerprint density at radius 3 is 2.88 bits per heavy atom. The minimum atomic E-state index is 0.148. The molecule has 3 aromatic rings. The van der Waals surface area contributed by atoms with E-state index in [9.17, 15) is 5.26 Å². The molecule has 1 fully saturated rings. The lowest BCUT2D eigenvalue weighted by Gasteiger charge is -2.26. The number of nitriles is 1. The normalized spacial score (nSPS) is 14.9. The van der Waals surface area contributed by atoms with Crippen LogP contribution in [0.25, 0.3) is 22.5 Å². The van der Waals surface area contributed by atoms with Gasteiger partial charge in [0.05, 0.1) is 17.5 Å². The standard InChI is InChI=1S/C22H28N10O/c1-2-5-31(26)13-18(24)17-12-27-20(9-19(17)29-16-3-6-33-7-4-16)32-22-15(11-28-32)8-14(10-23)21(25)30-22/h8-9,11-13,16H,2-7,24,26H2,1H3,(H2,25,30)(H,27,29)/b18-13-. The lowest BCUT2D eigenvalue weighted by molar-refractivity contribution is 0.0904. The van der Waals surface area contributed by atoms with Gasteiger partial charge in [0.25, 0.3) is 0 Å². The van der Waals surface area contributed by atoms with Crippen molar-refractivity contribution in [1.82, 2.24) is 24.8 Å². The zero-order chi connectivity index (χ0) is 23.4. The fraction of sp³-hybridized carbons (Fsp3) is 0.364. The van der Waals surface area contributed by atoms with Crippen molar-refractivity contribution >= 4 is 28.2 Å². The maximum absolute atomic E-state index is 9.22. The molecule has 3 aromatic heterocycles. The number of aromatic nitrogens is 4. The van der Waals surface area contributed by atoms with Gasteiger partial charge in [0.2, 0.25) is 0 Å². The first-order valence-electron chi connectivity index (χ1n) is 10.9. The molecule has 33 heavy (non-hydrogen) atoms. The summed E-state index contributed by atoms with van der Waals surface area (Å²) in [6, 6.07) is 5.83. The average Bonchev–Trinajstić information content (AvgIpc) is 3.21. The Kier molecular flexibility index (Phi) is 6.58. The molecule has 0 amide bonds. The first-order valence-corrected chi connectivity index (χ1v) is 10.9. The average molecular weight is 449 g/mol. The Balaban J connectivity index is 1.76. The number of hydrogen-bond donors (Lipinski definition) is 4. The third kappa shape index (κ3) is 4.82. The van der Waals surface area contributed by atoms with Gasteiger partial charge in [-0.1, -0.05) is 6.92 Å². The number of nitrogens with zero attached hydrogens (tertiary/aromatic N) is 6. The fourth-order valence-electron chi connectivity index (χ4n) is 3.77. The van der Waals surface area contributed by atoms with Crippen molar-refractivity contribution in [1.29, 1.82) is 5.26 Å². The monoisotopic (exact) mass is 448 g/mol. The minimum Gasteiger partial charge on any atom is -0.397 e. The van der Waals surface area contributed by atoms with E-state index in [1.807, 2.05) is 19.1 Å². The summed E-state index contributed by atoms with van der Waals surface area (Å²) < 4.78 is 7.08. The number of hydrazine groups is 1. The second kappa shape index (κ2) is 9.72. The van der Waals surface area contributed by atoms with Crippen LogP contribution in [0.3, 0.4) is 0 Å². The van der Waals surface area contributed by atoms with Crippen LogP contribution in [0.5, 0.6) is 0 Å². The molecular weight excluding hydrogens is 420 g/mol. The van der Waals surface area contributed by atoms with Gasteiger partial charge >= 0.3 is 0 Å². The van der Waals surface area contributed by atoms with E-state index < -0.39 is 0 Å².